The van der Waals surface area contributed by atoms with Crippen molar-refractivity contribution in [1.29, 1.82) is 0 Å². The van der Waals surface area contributed by atoms with Gasteiger partial charge in [0.2, 0.25) is 5.88 Å². The molecule has 0 aliphatic carbocycles. The Bertz CT molecular complexity index is 1210. The van der Waals surface area contributed by atoms with Crippen LogP contribution in [0.3, 0.4) is 0 Å². The maximum atomic E-state index is 13.9. The van der Waals surface area contributed by atoms with Crippen LogP contribution >= 0.6 is 0 Å². The molecule has 0 spiro atoms. The van der Waals surface area contributed by atoms with Gasteiger partial charge in [-0.1, -0.05) is 44.2 Å². The third-order valence-corrected chi connectivity index (χ3v) is 5.97. The first-order valence-electron chi connectivity index (χ1n) is 11.3. The zero-order valence-electron chi connectivity index (χ0n) is 20.2. The highest BCUT2D eigenvalue weighted by Crippen LogP contribution is 2.25. The Hall–Kier alpha value is -3.72. The second-order valence-electron chi connectivity index (χ2n) is 9.04. The van der Waals surface area contributed by atoms with Gasteiger partial charge in [0, 0.05) is 6.07 Å². The van der Waals surface area contributed by atoms with E-state index >= 15 is 0 Å². The van der Waals surface area contributed by atoms with E-state index in [0.717, 1.165) is 5.56 Å². The standard InChI is InChI=1S/C26H30FN3O5/c1-16(2)26(4,34)15-35-23-13-22(29-30(23)19-10-7-9-18(27)12-19)25(33)28-21(14-24(31)32)20-11-6-5-8-17(20)3/h5-13,16,21,34H,14-15H2,1-4H3,(H,28,33)(H,31,32)/t21-,26-/m0/s1. The number of nitrogens with one attached hydrogen (secondary N) is 1. The number of aryl methyl sites for hydroxylation is 1. The van der Waals surface area contributed by atoms with Crippen LogP contribution in [0.4, 0.5) is 4.39 Å². The number of amides is 1. The number of halogens is 1. The lowest BCUT2D eigenvalue weighted by atomic mass is 9.94. The number of ether oxygens (including phenoxy) is 1. The lowest BCUT2D eigenvalue weighted by molar-refractivity contribution is -0.137. The van der Waals surface area contributed by atoms with Crippen molar-refractivity contribution in [3.63, 3.8) is 0 Å². The highest BCUT2D eigenvalue weighted by atomic mass is 19.1. The topological polar surface area (TPSA) is 114 Å². The molecule has 9 heteroatoms. The molecule has 3 aromatic rings. The molecule has 0 fully saturated rings. The first-order chi connectivity index (χ1) is 16.5. The van der Waals surface area contributed by atoms with Crippen LogP contribution in [0.5, 0.6) is 5.88 Å². The second-order valence-corrected chi connectivity index (χ2v) is 9.04. The molecule has 0 saturated carbocycles. The van der Waals surface area contributed by atoms with E-state index in [0.29, 0.717) is 11.3 Å². The van der Waals surface area contributed by atoms with Crippen LogP contribution in [0.25, 0.3) is 5.69 Å². The number of hydrogen-bond acceptors (Lipinski definition) is 5. The summed E-state index contributed by atoms with van der Waals surface area (Å²) in [4.78, 5) is 24.6. The van der Waals surface area contributed by atoms with Crippen molar-refractivity contribution in [3.05, 3.63) is 77.2 Å². The predicted molar refractivity (Wildman–Crippen MR) is 128 cm³/mol. The van der Waals surface area contributed by atoms with Crippen molar-refractivity contribution >= 4 is 11.9 Å². The molecule has 1 amide bonds. The normalized spacial score (nSPS) is 13.8. The van der Waals surface area contributed by atoms with Crippen LogP contribution in [0.15, 0.2) is 54.6 Å². The Labute approximate surface area is 203 Å². The van der Waals surface area contributed by atoms with Crippen LogP contribution in [-0.2, 0) is 4.79 Å². The number of rotatable bonds is 10. The van der Waals surface area contributed by atoms with Gasteiger partial charge in [-0.05, 0) is 49.1 Å². The quantitative estimate of drug-likeness (QED) is 0.401. The summed E-state index contributed by atoms with van der Waals surface area (Å²) >= 11 is 0. The molecule has 0 unspecified atom stereocenters. The van der Waals surface area contributed by atoms with Crippen LogP contribution < -0.4 is 10.1 Å². The number of carboxylic acids is 1. The van der Waals surface area contributed by atoms with Gasteiger partial charge in [-0.3, -0.25) is 9.59 Å². The Balaban J connectivity index is 1.94. The van der Waals surface area contributed by atoms with Crippen molar-refractivity contribution in [2.75, 3.05) is 6.61 Å². The lowest BCUT2D eigenvalue weighted by Gasteiger charge is -2.27. The molecule has 0 radical (unpaired) electrons. The third kappa shape index (κ3) is 6.45. The minimum Gasteiger partial charge on any atom is -0.481 e. The fraction of sp³-hybridized carbons (Fsp3) is 0.346. The molecule has 1 heterocycles. The van der Waals surface area contributed by atoms with Gasteiger partial charge in [0.25, 0.3) is 5.91 Å². The smallest absolute Gasteiger partial charge is 0.305 e. The number of aliphatic carboxylic acids is 1. The highest BCUT2D eigenvalue weighted by Gasteiger charge is 2.28. The van der Waals surface area contributed by atoms with E-state index < -0.39 is 29.3 Å². The first-order valence-corrected chi connectivity index (χ1v) is 11.3. The van der Waals surface area contributed by atoms with Gasteiger partial charge >= 0.3 is 5.97 Å². The van der Waals surface area contributed by atoms with Crippen molar-refractivity contribution < 1.29 is 28.9 Å². The summed E-state index contributed by atoms with van der Waals surface area (Å²) in [5.74, 6) is -2.15. The molecule has 1 aromatic heterocycles. The van der Waals surface area contributed by atoms with E-state index in [1.54, 1.807) is 25.1 Å². The molecular weight excluding hydrogens is 453 g/mol. The van der Waals surface area contributed by atoms with E-state index in [1.165, 1.54) is 28.9 Å². The summed E-state index contributed by atoms with van der Waals surface area (Å²) in [5.41, 5.74) is 0.639. The molecule has 0 saturated heterocycles. The summed E-state index contributed by atoms with van der Waals surface area (Å²) < 4.78 is 21.0. The molecular formula is C26H30FN3O5. The van der Waals surface area contributed by atoms with Crippen molar-refractivity contribution in [2.45, 2.75) is 45.8 Å². The molecule has 0 aliphatic rings. The van der Waals surface area contributed by atoms with E-state index in [-0.39, 0.29) is 30.5 Å². The van der Waals surface area contributed by atoms with E-state index in [4.69, 9.17) is 4.74 Å². The maximum Gasteiger partial charge on any atom is 0.305 e. The minimum absolute atomic E-state index is 0.0441. The van der Waals surface area contributed by atoms with E-state index in [1.807, 2.05) is 32.9 Å². The molecule has 186 valence electrons. The average Bonchev–Trinajstić information content (AvgIpc) is 3.22. The second kappa shape index (κ2) is 10.7. The number of benzene rings is 2. The fourth-order valence-corrected chi connectivity index (χ4v) is 3.38. The van der Waals surface area contributed by atoms with Crippen molar-refractivity contribution in [3.8, 4) is 11.6 Å². The number of carboxylic acid groups (broad SMARTS) is 1. The molecule has 35 heavy (non-hydrogen) atoms. The summed E-state index contributed by atoms with van der Waals surface area (Å²) in [7, 11) is 0. The lowest BCUT2D eigenvalue weighted by Crippen LogP contribution is -2.38. The Morgan fingerprint density at radius 2 is 1.89 bits per heavy atom. The summed E-state index contributed by atoms with van der Waals surface area (Å²) in [6.07, 6.45) is -0.318. The molecule has 3 N–H and O–H groups in total. The van der Waals surface area contributed by atoms with Gasteiger partial charge in [0.15, 0.2) is 5.69 Å². The van der Waals surface area contributed by atoms with Crippen LogP contribution in [0, 0.1) is 18.7 Å². The average molecular weight is 484 g/mol. The molecule has 8 nitrogen and oxygen atoms in total. The molecule has 0 bridgehead atoms. The van der Waals surface area contributed by atoms with Gasteiger partial charge in [0.1, 0.15) is 12.4 Å². The maximum absolute atomic E-state index is 13.9. The van der Waals surface area contributed by atoms with Crippen molar-refractivity contribution in [1.82, 2.24) is 15.1 Å². The molecule has 0 aliphatic heterocycles. The molecule has 3 rings (SSSR count). The number of carbonyl (C=O) groups is 2. The monoisotopic (exact) mass is 483 g/mol. The Kier molecular flexibility index (Phi) is 7.91. The zero-order valence-corrected chi connectivity index (χ0v) is 20.2. The number of hydrogen-bond donors (Lipinski definition) is 3. The summed E-state index contributed by atoms with van der Waals surface area (Å²) in [6, 6.07) is 13.4. The first kappa shape index (κ1) is 25.9. The SMILES string of the molecule is Cc1ccccc1[C@H](CC(=O)O)NC(=O)c1cc(OC[C@](C)(O)C(C)C)n(-c2cccc(F)c2)n1. The van der Waals surface area contributed by atoms with Crippen LogP contribution in [0.1, 0.15) is 54.8 Å². The fourth-order valence-electron chi connectivity index (χ4n) is 3.38. The van der Waals surface area contributed by atoms with Gasteiger partial charge in [-0.2, -0.15) is 5.10 Å². The minimum atomic E-state index is -1.16. The number of carbonyl (C=O) groups excluding carboxylic acids is 1. The van der Waals surface area contributed by atoms with E-state index in [9.17, 15) is 24.2 Å². The number of aromatic nitrogens is 2. The summed E-state index contributed by atoms with van der Waals surface area (Å²) in [5, 5.41) is 27.0. The highest BCUT2D eigenvalue weighted by molar-refractivity contribution is 5.93. The molecule has 2 atom stereocenters. The largest absolute Gasteiger partial charge is 0.481 e. The van der Waals surface area contributed by atoms with Gasteiger partial charge in [-0.15, -0.1) is 0 Å². The summed E-state index contributed by atoms with van der Waals surface area (Å²) in [6.45, 7) is 7.08. The number of nitrogens with zero attached hydrogens (tertiary/aromatic N) is 2. The third-order valence-electron chi connectivity index (χ3n) is 5.97. The van der Waals surface area contributed by atoms with Crippen LogP contribution in [-0.4, -0.2) is 44.1 Å². The van der Waals surface area contributed by atoms with Crippen molar-refractivity contribution in [2.24, 2.45) is 5.92 Å². The predicted octanol–water partition coefficient (Wildman–Crippen LogP) is 4.05. The van der Waals surface area contributed by atoms with E-state index in [2.05, 4.69) is 10.4 Å². The Morgan fingerprint density at radius 3 is 2.51 bits per heavy atom. The van der Waals surface area contributed by atoms with Gasteiger partial charge in [-0.25, -0.2) is 9.07 Å². The molecule has 2 aromatic carbocycles. The van der Waals surface area contributed by atoms with Crippen LogP contribution in [0.2, 0.25) is 0 Å². The number of aliphatic hydroxyl groups is 1. The van der Waals surface area contributed by atoms with Gasteiger partial charge in [0.05, 0.1) is 23.8 Å². The van der Waals surface area contributed by atoms with Gasteiger partial charge < -0.3 is 20.3 Å². The Morgan fingerprint density at radius 1 is 1.17 bits per heavy atom. The zero-order chi connectivity index (χ0) is 25.8.